The van der Waals surface area contributed by atoms with Gasteiger partial charge in [-0.3, -0.25) is 15.6 Å². The molecule has 0 spiro atoms. The van der Waals surface area contributed by atoms with E-state index in [4.69, 9.17) is 39.2 Å². The van der Waals surface area contributed by atoms with Crippen LogP contribution in [0.5, 0.6) is 0 Å². The van der Waals surface area contributed by atoms with Crippen molar-refractivity contribution in [3.63, 3.8) is 0 Å². The molecule has 7 heteroatoms. The van der Waals surface area contributed by atoms with E-state index in [9.17, 15) is 4.79 Å². The Labute approximate surface area is 143 Å². The van der Waals surface area contributed by atoms with Crippen LogP contribution >= 0.6 is 34.8 Å². The second-order valence-corrected chi connectivity index (χ2v) is 5.77. The Balaban J connectivity index is 2.09. The molecule has 1 aromatic carbocycles. The molecule has 1 heterocycles. The summed E-state index contributed by atoms with van der Waals surface area (Å²) in [6.07, 6.45) is 0. The van der Waals surface area contributed by atoms with Crippen LogP contribution in [0.3, 0.4) is 0 Å². The maximum absolute atomic E-state index is 12.1. The van der Waals surface area contributed by atoms with E-state index in [1.54, 1.807) is 32.0 Å². The lowest BCUT2D eigenvalue weighted by Crippen LogP contribution is -2.36. The van der Waals surface area contributed by atoms with Crippen molar-refractivity contribution >= 4 is 46.4 Å². The predicted molar refractivity (Wildman–Crippen MR) is 89.3 cm³/mol. The molecule has 0 aliphatic rings. The number of nitrogens with one attached hydrogen (secondary N) is 2. The highest BCUT2D eigenvalue weighted by Gasteiger charge is 2.15. The Bertz CT molecular complexity index is 753. The summed E-state index contributed by atoms with van der Waals surface area (Å²) in [7, 11) is 0. The van der Waals surface area contributed by atoms with Crippen molar-refractivity contribution in [2.24, 2.45) is 0 Å². The van der Waals surface area contributed by atoms with Gasteiger partial charge in [-0.15, -0.1) is 0 Å². The van der Waals surface area contributed by atoms with E-state index in [1.165, 1.54) is 0 Å². The Morgan fingerprint density at radius 1 is 1.09 bits per heavy atom. The molecule has 22 heavy (non-hydrogen) atoms. The molecule has 0 aliphatic heterocycles. The molecule has 0 saturated carbocycles. The number of benzene rings is 1. The summed E-state index contributed by atoms with van der Waals surface area (Å²) in [5.41, 5.74) is 6.59. The van der Waals surface area contributed by atoms with Gasteiger partial charge in [0.15, 0.2) is 0 Å². The van der Waals surface area contributed by atoms with Gasteiger partial charge in [0.05, 0.1) is 26.3 Å². The van der Waals surface area contributed by atoms with Crippen LogP contribution in [0.2, 0.25) is 15.1 Å². The van der Waals surface area contributed by atoms with Crippen molar-refractivity contribution in [2.45, 2.75) is 13.8 Å². The molecular formula is C15H13Cl3N2O2. The van der Waals surface area contributed by atoms with Crippen LogP contribution in [0.1, 0.15) is 27.4 Å². The monoisotopic (exact) mass is 358 g/mol. The molecule has 0 atom stereocenters. The summed E-state index contributed by atoms with van der Waals surface area (Å²) in [5, 5.41) is 0.837. The molecular weight excluding hydrogens is 347 g/mol. The summed E-state index contributed by atoms with van der Waals surface area (Å²) < 4.78 is 5.31. The van der Waals surface area contributed by atoms with Crippen LogP contribution in [-0.4, -0.2) is 5.91 Å². The molecule has 116 valence electrons. The summed E-state index contributed by atoms with van der Waals surface area (Å²) >= 11 is 18.0. The summed E-state index contributed by atoms with van der Waals surface area (Å²) in [4.78, 5) is 12.1. The second-order valence-electron chi connectivity index (χ2n) is 4.61. The van der Waals surface area contributed by atoms with Crippen molar-refractivity contribution < 1.29 is 9.21 Å². The molecule has 2 N–H and O–H groups in total. The third-order valence-corrected chi connectivity index (χ3v) is 4.27. The standard InChI is InChI=1S/C15H13Cl3N2O2/c1-7-6-11(9(3)22-7)15(21)20-19-8(2)10-4-5-12(16)14(18)13(10)17/h4-6,19H,2H2,1,3H3,(H,20,21). The first-order valence-electron chi connectivity index (χ1n) is 6.27. The Morgan fingerprint density at radius 3 is 2.36 bits per heavy atom. The molecule has 2 aromatic rings. The highest BCUT2D eigenvalue weighted by Crippen LogP contribution is 2.34. The van der Waals surface area contributed by atoms with Gasteiger partial charge in [-0.05, 0) is 32.0 Å². The number of furan rings is 1. The van der Waals surface area contributed by atoms with E-state index >= 15 is 0 Å². The number of carbonyl (C=O) groups is 1. The van der Waals surface area contributed by atoms with Crippen molar-refractivity contribution in [3.8, 4) is 0 Å². The number of hydrazine groups is 1. The minimum Gasteiger partial charge on any atom is -0.466 e. The minimum absolute atomic E-state index is 0.233. The lowest BCUT2D eigenvalue weighted by molar-refractivity contribution is 0.0941. The van der Waals surface area contributed by atoms with Gasteiger partial charge in [-0.1, -0.05) is 41.4 Å². The van der Waals surface area contributed by atoms with Gasteiger partial charge in [-0.25, -0.2) is 0 Å². The largest absolute Gasteiger partial charge is 0.466 e. The molecule has 0 fully saturated rings. The lowest BCUT2D eigenvalue weighted by atomic mass is 10.2. The number of amides is 1. The quantitative estimate of drug-likeness (QED) is 0.611. The van der Waals surface area contributed by atoms with E-state index in [2.05, 4.69) is 17.4 Å². The molecule has 0 unspecified atom stereocenters. The van der Waals surface area contributed by atoms with Crippen LogP contribution in [0, 0.1) is 13.8 Å². The van der Waals surface area contributed by atoms with E-state index in [0.717, 1.165) is 0 Å². The third-order valence-electron chi connectivity index (χ3n) is 2.97. The zero-order chi connectivity index (χ0) is 16.4. The van der Waals surface area contributed by atoms with E-state index in [0.29, 0.717) is 33.4 Å². The number of hydrogen-bond acceptors (Lipinski definition) is 3. The van der Waals surface area contributed by atoms with Crippen LogP contribution in [0.4, 0.5) is 0 Å². The SMILES string of the molecule is C=C(NNC(=O)c1cc(C)oc1C)c1ccc(Cl)c(Cl)c1Cl. The smallest absolute Gasteiger partial charge is 0.273 e. The first kappa shape index (κ1) is 16.7. The summed E-state index contributed by atoms with van der Waals surface area (Å²) in [6, 6.07) is 4.91. The van der Waals surface area contributed by atoms with Crippen molar-refractivity contribution in [2.75, 3.05) is 0 Å². The average molecular weight is 360 g/mol. The second kappa shape index (κ2) is 6.65. The number of halogens is 3. The summed E-state index contributed by atoms with van der Waals surface area (Å²) in [6.45, 7) is 7.30. The first-order chi connectivity index (χ1) is 10.3. The van der Waals surface area contributed by atoms with Gasteiger partial charge in [0.1, 0.15) is 11.5 Å². The molecule has 0 aliphatic carbocycles. The number of hydrogen-bond donors (Lipinski definition) is 2. The zero-order valence-electron chi connectivity index (χ0n) is 11.9. The molecule has 4 nitrogen and oxygen atoms in total. The lowest BCUT2D eigenvalue weighted by Gasteiger charge is -2.13. The molecule has 2 rings (SSSR count). The van der Waals surface area contributed by atoms with Gasteiger partial charge < -0.3 is 4.42 Å². The molecule has 0 bridgehead atoms. The first-order valence-corrected chi connectivity index (χ1v) is 7.40. The van der Waals surface area contributed by atoms with Crippen molar-refractivity contribution in [1.82, 2.24) is 10.9 Å². The number of carbonyl (C=O) groups excluding carboxylic acids is 1. The molecule has 1 aromatic heterocycles. The highest BCUT2D eigenvalue weighted by atomic mass is 35.5. The van der Waals surface area contributed by atoms with Gasteiger partial charge >= 0.3 is 0 Å². The predicted octanol–water partition coefficient (Wildman–Crippen LogP) is 4.76. The topological polar surface area (TPSA) is 54.3 Å². The maximum Gasteiger partial charge on any atom is 0.273 e. The van der Waals surface area contributed by atoms with Crippen molar-refractivity contribution in [1.29, 1.82) is 0 Å². The normalized spacial score (nSPS) is 10.4. The van der Waals surface area contributed by atoms with E-state index < -0.39 is 0 Å². The van der Waals surface area contributed by atoms with E-state index in [-0.39, 0.29) is 16.0 Å². The van der Waals surface area contributed by atoms with Gasteiger partial charge in [0.2, 0.25) is 0 Å². The average Bonchev–Trinajstić information content (AvgIpc) is 2.81. The zero-order valence-corrected chi connectivity index (χ0v) is 14.2. The van der Waals surface area contributed by atoms with Gasteiger partial charge in [0.25, 0.3) is 5.91 Å². The maximum atomic E-state index is 12.1. The van der Waals surface area contributed by atoms with Crippen LogP contribution in [-0.2, 0) is 0 Å². The Morgan fingerprint density at radius 2 is 1.77 bits per heavy atom. The number of rotatable bonds is 4. The van der Waals surface area contributed by atoms with E-state index in [1.807, 2.05) is 0 Å². The summed E-state index contributed by atoms with van der Waals surface area (Å²) in [5.74, 6) is 0.857. The van der Waals surface area contributed by atoms with Crippen molar-refractivity contribution in [3.05, 3.63) is 62.5 Å². The Kier molecular flexibility index (Phi) is 5.06. The fourth-order valence-electron chi connectivity index (χ4n) is 1.88. The molecule has 1 amide bonds. The van der Waals surface area contributed by atoms with Crippen LogP contribution < -0.4 is 10.9 Å². The minimum atomic E-state index is -0.341. The molecule has 0 radical (unpaired) electrons. The third kappa shape index (κ3) is 3.40. The number of aryl methyl sites for hydroxylation is 2. The molecule has 0 saturated heterocycles. The fraction of sp³-hybridized carbons (Fsp3) is 0.133. The van der Waals surface area contributed by atoms with Gasteiger partial charge in [0, 0.05) is 5.56 Å². The van der Waals surface area contributed by atoms with Gasteiger partial charge in [-0.2, -0.15) is 0 Å². The Hall–Kier alpha value is -1.62. The van der Waals surface area contributed by atoms with Crippen LogP contribution in [0.15, 0.2) is 29.2 Å². The fourth-order valence-corrected chi connectivity index (χ4v) is 2.53. The highest BCUT2D eigenvalue weighted by molar-refractivity contribution is 6.48. The van der Waals surface area contributed by atoms with Crippen LogP contribution in [0.25, 0.3) is 5.70 Å².